The Balaban J connectivity index is 3.08. The summed E-state index contributed by atoms with van der Waals surface area (Å²) in [5.74, 6) is 1.34. The van der Waals surface area contributed by atoms with E-state index in [0.717, 1.165) is 17.0 Å². The molecule has 0 spiro atoms. The number of aryl methyl sites for hydroxylation is 1. The Morgan fingerprint density at radius 3 is 2.75 bits per heavy atom. The van der Waals surface area contributed by atoms with Crippen molar-refractivity contribution < 1.29 is 4.74 Å². The summed E-state index contributed by atoms with van der Waals surface area (Å²) in [6.45, 7) is 5.94. The van der Waals surface area contributed by atoms with Crippen LogP contribution in [0.3, 0.4) is 0 Å². The second-order valence-electron chi connectivity index (χ2n) is 3.87. The van der Waals surface area contributed by atoms with Crippen molar-refractivity contribution in [3.8, 4) is 5.75 Å². The highest BCUT2D eigenvalue weighted by molar-refractivity contribution is 6.28. The van der Waals surface area contributed by atoms with Crippen LogP contribution in [0.5, 0.6) is 5.75 Å². The van der Waals surface area contributed by atoms with Crippen LogP contribution in [0.25, 0.3) is 0 Å². The average Bonchev–Trinajstić information content (AvgIpc) is 2.21. The zero-order valence-corrected chi connectivity index (χ0v) is 10.6. The maximum Gasteiger partial charge on any atom is 0.145 e. The third-order valence-electron chi connectivity index (χ3n) is 1.88. The van der Waals surface area contributed by atoms with Crippen LogP contribution in [-0.4, -0.2) is 17.8 Å². The zero-order chi connectivity index (χ0) is 12.1. The Kier molecular flexibility index (Phi) is 4.62. The Morgan fingerprint density at radius 1 is 1.50 bits per heavy atom. The van der Waals surface area contributed by atoms with E-state index in [1.54, 1.807) is 0 Å². The van der Waals surface area contributed by atoms with Gasteiger partial charge < -0.3 is 10.5 Å². The molecule has 1 aromatic rings. The van der Waals surface area contributed by atoms with E-state index in [9.17, 15) is 0 Å². The minimum absolute atomic E-state index is 0.105. The number of alkyl halides is 1. The number of rotatable bonds is 4. The van der Waals surface area contributed by atoms with E-state index in [-0.39, 0.29) is 12.0 Å². The van der Waals surface area contributed by atoms with Gasteiger partial charge >= 0.3 is 0 Å². The first-order valence-corrected chi connectivity index (χ1v) is 5.72. The highest BCUT2D eigenvalue weighted by Gasteiger charge is 2.05. The van der Waals surface area contributed by atoms with E-state index < -0.39 is 0 Å². The van der Waals surface area contributed by atoms with Crippen molar-refractivity contribution >= 4 is 23.1 Å². The number of aliphatic imine (C=N–C) groups is 1. The molecule has 0 heterocycles. The Morgan fingerprint density at radius 2 is 2.19 bits per heavy atom. The lowest BCUT2D eigenvalue weighted by molar-refractivity contribution is 0.243. The lowest BCUT2D eigenvalue weighted by atomic mass is 10.2. The maximum atomic E-state index is 5.64. The summed E-state index contributed by atoms with van der Waals surface area (Å²) in [5, 5.41) is 0. The van der Waals surface area contributed by atoms with E-state index in [4.69, 9.17) is 22.1 Å². The molecule has 16 heavy (non-hydrogen) atoms. The van der Waals surface area contributed by atoms with Gasteiger partial charge in [0.1, 0.15) is 17.3 Å². The average molecular weight is 241 g/mol. The Hall–Kier alpha value is -1.22. The van der Waals surface area contributed by atoms with Crippen LogP contribution in [0.2, 0.25) is 0 Å². The van der Waals surface area contributed by atoms with E-state index in [0.29, 0.717) is 5.84 Å². The van der Waals surface area contributed by atoms with Gasteiger partial charge in [-0.3, -0.25) is 0 Å². The second-order valence-corrected chi connectivity index (χ2v) is 4.14. The zero-order valence-electron chi connectivity index (χ0n) is 9.83. The monoisotopic (exact) mass is 240 g/mol. The molecule has 0 atom stereocenters. The van der Waals surface area contributed by atoms with Crippen molar-refractivity contribution in [3.05, 3.63) is 23.8 Å². The number of amidine groups is 1. The summed E-state index contributed by atoms with van der Waals surface area (Å²) in [6, 6.07) is 5.81. The van der Waals surface area contributed by atoms with Crippen LogP contribution >= 0.6 is 11.6 Å². The Bertz CT molecular complexity index is 389. The summed E-state index contributed by atoms with van der Waals surface area (Å²) in [6.07, 6.45) is 0.105. The molecule has 0 aliphatic rings. The molecule has 0 aliphatic carbocycles. The fraction of sp³-hybridized carbons (Fsp3) is 0.417. The first kappa shape index (κ1) is 12.8. The molecule has 0 unspecified atom stereocenters. The summed E-state index contributed by atoms with van der Waals surface area (Å²) in [7, 11) is 0. The quantitative estimate of drug-likeness (QED) is 0.500. The van der Waals surface area contributed by atoms with Crippen LogP contribution in [0.4, 0.5) is 5.69 Å². The standard InChI is InChI=1S/C12H17ClN2O/c1-8(2)16-11-5-4-9(3)6-10(11)15-12(14)7-13/h4-6,8H,7H2,1-3H3,(H2,14,15). The van der Waals surface area contributed by atoms with Gasteiger partial charge in [-0.25, -0.2) is 4.99 Å². The predicted octanol–water partition coefficient (Wildman–Crippen LogP) is 3.01. The lowest BCUT2D eigenvalue weighted by Crippen LogP contribution is -2.12. The van der Waals surface area contributed by atoms with Crippen molar-refractivity contribution in [2.75, 3.05) is 5.88 Å². The summed E-state index contributed by atoms with van der Waals surface area (Å²) < 4.78 is 5.64. The van der Waals surface area contributed by atoms with E-state index in [1.807, 2.05) is 39.0 Å². The van der Waals surface area contributed by atoms with Crippen molar-refractivity contribution in [1.29, 1.82) is 0 Å². The number of nitrogens with zero attached hydrogens (tertiary/aromatic N) is 1. The third-order valence-corrected chi connectivity index (χ3v) is 2.15. The topological polar surface area (TPSA) is 47.6 Å². The van der Waals surface area contributed by atoms with E-state index in [1.165, 1.54) is 0 Å². The van der Waals surface area contributed by atoms with E-state index in [2.05, 4.69) is 4.99 Å². The van der Waals surface area contributed by atoms with Gasteiger partial charge in [0.25, 0.3) is 0 Å². The van der Waals surface area contributed by atoms with Gasteiger partial charge in [-0.15, -0.1) is 11.6 Å². The largest absolute Gasteiger partial charge is 0.489 e. The van der Waals surface area contributed by atoms with Crippen molar-refractivity contribution in [1.82, 2.24) is 0 Å². The molecule has 0 bridgehead atoms. The van der Waals surface area contributed by atoms with Crippen LogP contribution in [0, 0.1) is 6.92 Å². The molecule has 88 valence electrons. The first-order valence-electron chi connectivity index (χ1n) is 5.19. The normalized spacial score (nSPS) is 11.9. The number of hydrogen-bond acceptors (Lipinski definition) is 2. The van der Waals surface area contributed by atoms with Gasteiger partial charge in [-0.1, -0.05) is 6.07 Å². The van der Waals surface area contributed by atoms with Gasteiger partial charge in [-0.2, -0.15) is 0 Å². The highest BCUT2D eigenvalue weighted by atomic mass is 35.5. The summed E-state index contributed by atoms with van der Waals surface area (Å²) >= 11 is 5.60. The fourth-order valence-electron chi connectivity index (χ4n) is 1.25. The number of ether oxygens (including phenoxy) is 1. The molecule has 4 heteroatoms. The van der Waals surface area contributed by atoms with Gasteiger partial charge in [0.05, 0.1) is 12.0 Å². The van der Waals surface area contributed by atoms with Gasteiger partial charge in [-0.05, 0) is 38.5 Å². The number of nitrogens with two attached hydrogens (primary N) is 1. The molecule has 0 aromatic heterocycles. The molecule has 0 fully saturated rings. The summed E-state index contributed by atoms with van der Waals surface area (Å²) in [5.41, 5.74) is 7.45. The molecule has 1 aromatic carbocycles. The second kappa shape index (κ2) is 5.75. The van der Waals surface area contributed by atoms with E-state index >= 15 is 0 Å². The maximum absolute atomic E-state index is 5.64. The van der Waals surface area contributed by atoms with Gasteiger partial charge in [0.15, 0.2) is 0 Å². The molecule has 0 radical (unpaired) electrons. The molecule has 2 N–H and O–H groups in total. The fourth-order valence-corrected chi connectivity index (χ4v) is 1.31. The molecule has 1 rings (SSSR count). The SMILES string of the molecule is Cc1ccc(OC(C)C)c(N=C(N)CCl)c1. The van der Waals surface area contributed by atoms with Crippen molar-refractivity contribution in [3.63, 3.8) is 0 Å². The summed E-state index contributed by atoms with van der Waals surface area (Å²) in [4.78, 5) is 4.23. The molecule has 0 saturated carbocycles. The minimum atomic E-state index is 0.105. The van der Waals surface area contributed by atoms with Gasteiger partial charge in [0, 0.05) is 0 Å². The number of halogens is 1. The van der Waals surface area contributed by atoms with Gasteiger partial charge in [0.2, 0.25) is 0 Å². The van der Waals surface area contributed by atoms with Crippen molar-refractivity contribution in [2.24, 2.45) is 10.7 Å². The molecule has 0 saturated heterocycles. The molecular weight excluding hydrogens is 224 g/mol. The molecule has 3 nitrogen and oxygen atoms in total. The number of benzene rings is 1. The minimum Gasteiger partial charge on any atom is -0.489 e. The molecule has 0 aliphatic heterocycles. The van der Waals surface area contributed by atoms with Crippen LogP contribution in [0.1, 0.15) is 19.4 Å². The predicted molar refractivity (Wildman–Crippen MR) is 68.9 cm³/mol. The Labute approximate surface area is 101 Å². The smallest absolute Gasteiger partial charge is 0.145 e. The highest BCUT2D eigenvalue weighted by Crippen LogP contribution is 2.29. The molecule has 0 amide bonds. The van der Waals surface area contributed by atoms with Crippen LogP contribution < -0.4 is 10.5 Å². The lowest BCUT2D eigenvalue weighted by Gasteiger charge is -2.12. The van der Waals surface area contributed by atoms with Crippen molar-refractivity contribution in [2.45, 2.75) is 26.9 Å². The van der Waals surface area contributed by atoms with Crippen LogP contribution in [-0.2, 0) is 0 Å². The molecular formula is C12H17ClN2O. The first-order chi connectivity index (χ1) is 7.52. The number of hydrogen-bond donors (Lipinski definition) is 1. The third kappa shape index (κ3) is 3.74. The van der Waals surface area contributed by atoms with Crippen LogP contribution in [0.15, 0.2) is 23.2 Å².